The Morgan fingerprint density at radius 1 is 1.24 bits per heavy atom. The molecule has 0 bridgehead atoms. The molecular formula is C17H16N2OS. The van der Waals surface area contributed by atoms with Crippen LogP contribution < -0.4 is 0 Å². The normalized spacial score (nSPS) is 12.3. The highest BCUT2D eigenvalue weighted by atomic mass is 32.1. The molecular weight excluding hydrogens is 280 g/mol. The minimum Gasteiger partial charge on any atom is -0.320 e. The van der Waals surface area contributed by atoms with Crippen molar-refractivity contribution in [1.82, 2.24) is 9.55 Å². The summed E-state index contributed by atoms with van der Waals surface area (Å²) in [6, 6.07) is 11.4. The lowest BCUT2D eigenvalue weighted by molar-refractivity contribution is 0.0935. The van der Waals surface area contributed by atoms with Crippen LogP contribution in [0.2, 0.25) is 0 Å². The summed E-state index contributed by atoms with van der Waals surface area (Å²) in [5, 5.41) is 2.01. The van der Waals surface area contributed by atoms with Crippen LogP contribution in [0.3, 0.4) is 0 Å². The average Bonchev–Trinajstić information content (AvgIpc) is 3.17. The van der Waals surface area contributed by atoms with Crippen molar-refractivity contribution in [1.29, 1.82) is 0 Å². The monoisotopic (exact) mass is 296 g/mol. The Morgan fingerprint density at radius 3 is 2.67 bits per heavy atom. The summed E-state index contributed by atoms with van der Waals surface area (Å²) >= 11 is 1.63. The number of thiophene rings is 1. The Bertz CT molecular complexity index is 741. The molecule has 1 aromatic carbocycles. The van der Waals surface area contributed by atoms with Crippen molar-refractivity contribution >= 4 is 17.1 Å². The molecule has 1 unspecified atom stereocenters. The maximum atomic E-state index is 12.6. The number of benzene rings is 1. The summed E-state index contributed by atoms with van der Waals surface area (Å²) in [5.74, 6) is 0.948. The highest BCUT2D eigenvalue weighted by Crippen LogP contribution is 2.26. The quantitative estimate of drug-likeness (QED) is 0.670. The van der Waals surface area contributed by atoms with E-state index in [2.05, 4.69) is 4.98 Å². The van der Waals surface area contributed by atoms with Gasteiger partial charge in [0.25, 0.3) is 0 Å². The summed E-state index contributed by atoms with van der Waals surface area (Å²) in [4.78, 5) is 18.1. The number of rotatable bonds is 4. The summed E-state index contributed by atoms with van der Waals surface area (Å²) in [5.41, 5.74) is 1.89. The zero-order valence-corrected chi connectivity index (χ0v) is 12.8. The van der Waals surface area contributed by atoms with Crippen LogP contribution in [0, 0.1) is 6.92 Å². The van der Waals surface area contributed by atoms with Gasteiger partial charge in [-0.2, -0.15) is 0 Å². The van der Waals surface area contributed by atoms with E-state index >= 15 is 0 Å². The van der Waals surface area contributed by atoms with Gasteiger partial charge in [-0.05, 0) is 25.3 Å². The number of aryl methyl sites for hydroxylation is 1. The second-order valence-corrected chi connectivity index (χ2v) is 5.99. The van der Waals surface area contributed by atoms with Crippen LogP contribution >= 0.6 is 11.3 Å². The molecule has 1 atom stereocenters. The highest BCUT2D eigenvalue weighted by Gasteiger charge is 2.20. The summed E-state index contributed by atoms with van der Waals surface area (Å²) in [6.07, 6.45) is 3.61. The van der Waals surface area contributed by atoms with Gasteiger partial charge in [0, 0.05) is 18.0 Å². The number of carbonyl (C=O) groups is 1. The molecule has 2 aromatic heterocycles. The third-order valence-electron chi connectivity index (χ3n) is 3.54. The van der Waals surface area contributed by atoms with E-state index in [1.54, 1.807) is 17.5 Å². The number of Topliss-reactive ketones (excluding diaryl/α,β-unsaturated/α-hetero) is 1. The molecule has 0 amide bonds. The molecule has 106 valence electrons. The van der Waals surface area contributed by atoms with E-state index in [9.17, 15) is 4.79 Å². The molecule has 0 N–H and O–H groups in total. The molecule has 3 nitrogen and oxygen atoms in total. The first-order valence-corrected chi connectivity index (χ1v) is 7.72. The van der Waals surface area contributed by atoms with Crippen molar-refractivity contribution in [3.05, 3.63) is 65.3 Å². The molecule has 0 aliphatic rings. The van der Waals surface area contributed by atoms with Crippen LogP contribution in [0.5, 0.6) is 0 Å². The molecule has 0 spiro atoms. The number of carbonyl (C=O) groups excluding carboxylic acids is 1. The Morgan fingerprint density at radius 2 is 2.00 bits per heavy atom. The van der Waals surface area contributed by atoms with Gasteiger partial charge >= 0.3 is 0 Å². The van der Waals surface area contributed by atoms with Crippen molar-refractivity contribution in [2.24, 2.45) is 0 Å². The number of ketones is 1. The third kappa shape index (κ3) is 2.67. The zero-order valence-electron chi connectivity index (χ0n) is 12.0. The number of aromatic nitrogens is 2. The van der Waals surface area contributed by atoms with Crippen LogP contribution in [0.25, 0.3) is 10.7 Å². The summed E-state index contributed by atoms with van der Waals surface area (Å²) in [7, 11) is 0. The fourth-order valence-electron chi connectivity index (χ4n) is 2.31. The summed E-state index contributed by atoms with van der Waals surface area (Å²) < 4.78 is 1.94. The van der Waals surface area contributed by atoms with Crippen molar-refractivity contribution in [2.45, 2.75) is 19.9 Å². The fraction of sp³-hybridized carbons (Fsp3) is 0.176. The van der Waals surface area contributed by atoms with E-state index < -0.39 is 0 Å². The van der Waals surface area contributed by atoms with Crippen molar-refractivity contribution in [2.75, 3.05) is 0 Å². The molecule has 0 saturated carbocycles. The van der Waals surface area contributed by atoms with E-state index in [0.717, 1.165) is 21.8 Å². The van der Waals surface area contributed by atoms with E-state index in [0.29, 0.717) is 0 Å². The van der Waals surface area contributed by atoms with Crippen LogP contribution in [0.4, 0.5) is 0 Å². The Balaban J connectivity index is 1.92. The minimum absolute atomic E-state index is 0.103. The van der Waals surface area contributed by atoms with Gasteiger partial charge in [-0.3, -0.25) is 4.79 Å². The highest BCUT2D eigenvalue weighted by molar-refractivity contribution is 7.13. The lowest BCUT2D eigenvalue weighted by Crippen LogP contribution is -2.16. The standard InChI is InChI=1S/C17H16N2OS/c1-12-5-7-14(8-6-12)16(20)13(2)19-10-9-18-17(19)15-4-3-11-21-15/h3-11,13H,1-2H3. The molecule has 0 aliphatic carbocycles. The van der Waals surface area contributed by atoms with E-state index in [1.807, 2.05) is 66.4 Å². The van der Waals surface area contributed by atoms with Crippen LogP contribution in [-0.4, -0.2) is 15.3 Å². The van der Waals surface area contributed by atoms with Crippen LogP contribution in [0.1, 0.15) is 28.9 Å². The third-order valence-corrected chi connectivity index (χ3v) is 4.41. The molecule has 4 heteroatoms. The smallest absolute Gasteiger partial charge is 0.185 e. The topological polar surface area (TPSA) is 34.9 Å². The fourth-order valence-corrected chi connectivity index (χ4v) is 3.03. The number of hydrogen-bond acceptors (Lipinski definition) is 3. The molecule has 0 aliphatic heterocycles. The van der Waals surface area contributed by atoms with Gasteiger partial charge in [0.05, 0.1) is 10.9 Å². The molecule has 3 rings (SSSR count). The molecule has 0 radical (unpaired) electrons. The minimum atomic E-state index is -0.271. The maximum Gasteiger partial charge on any atom is 0.185 e. The van der Waals surface area contributed by atoms with Crippen molar-refractivity contribution in [3.8, 4) is 10.7 Å². The average molecular weight is 296 g/mol. The van der Waals surface area contributed by atoms with Gasteiger partial charge < -0.3 is 4.57 Å². The first-order chi connectivity index (χ1) is 10.2. The molecule has 3 aromatic rings. The predicted molar refractivity (Wildman–Crippen MR) is 85.8 cm³/mol. The molecule has 2 heterocycles. The first kappa shape index (κ1) is 13.8. The first-order valence-electron chi connectivity index (χ1n) is 6.84. The van der Waals surface area contributed by atoms with Gasteiger partial charge in [0.2, 0.25) is 0 Å². The van der Waals surface area contributed by atoms with Crippen molar-refractivity contribution < 1.29 is 4.79 Å². The zero-order chi connectivity index (χ0) is 14.8. The molecule has 0 fully saturated rings. The second kappa shape index (κ2) is 5.66. The predicted octanol–water partition coefficient (Wildman–Crippen LogP) is 4.36. The molecule has 0 saturated heterocycles. The van der Waals surface area contributed by atoms with Gasteiger partial charge in [-0.15, -0.1) is 11.3 Å². The summed E-state index contributed by atoms with van der Waals surface area (Å²) in [6.45, 7) is 3.93. The second-order valence-electron chi connectivity index (χ2n) is 5.04. The van der Waals surface area contributed by atoms with Gasteiger partial charge in [0.1, 0.15) is 0 Å². The Kier molecular flexibility index (Phi) is 3.71. The van der Waals surface area contributed by atoms with E-state index in [-0.39, 0.29) is 11.8 Å². The van der Waals surface area contributed by atoms with E-state index in [1.165, 1.54) is 0 Å². The van der Waals surface area contributed by atoms with Gasteiger partial charge in [-0.1, -0.05) is 35.9 Å². The maximum absolute atomic E-state index is 12.6. The molecule has 21 heavy (non-hydrogen) atoms. The number of nitrogens with zero attached hydrogens (tertiary/aromatic N) is 2. The van der Waals surface area contributed by atoms with Crippen molar-refractivity contribution in [3.63, 3.8) is 0 Å². The Hall–Kier alpha value is -2.20. The number of imidazole rings is 1. The van der Waals surface area contributed by atoms with Crippen LogP contribution in [0.15, 0.2) is 54.2 Å². The lowest BCUT2D eigenvalue weighted by atomic mass is 10.0. The van der Waals surface area contributed by atoms with E-state index in [4.69, 9.17) is 0 Å². The Labute approximate surface area is 127 Å². The largest absolute Gasteiger partial charge is 0.320 e. The number of hydrogen-bond donors (Lipinski definition) is 0. The van der Waals surface area contributed by atoms with Gasteiger partial charge in [-0.25, -0.2) is 4.98 Å². The lowest BCUT2D eigenvalue weighted by Gasteiger charge is -2.15. The SMILES string of the molecule is Cc1ccc(C(=O)C(C)n2ccnc2-c2cccs2)cc1. The van der Waals surface area contributed by atoms with Gasteiger partial charge in [0.15, 0.2) is 11.6 Å². The van der Waals surface area contributed by atoms with Crippen LogP contribution in [-0.2, 0) is 0 Å².